The summed E-state index contributed by atoms with van der Waals surface area (Å²) in [6.45, 7) is 4.04. The molecule has 162 valence electrons. The van der Waals surface area contributed by atoms with Gasteiger partial charge in [0, 0.05) is 5.56 Å². The molecule has 0 bridgehead atoms. The zero-order chi connectivity index (χ0) is 22.5. The maximum atomic E-state index is 12.9. The number of amides is 3. The van der Waals surface area contributed by atoms with Gasteiger partial charge < -0.3 is 5.32 Å². The van der Waals surface area contributed by atoms with E-state index < -0.39 is 11.8 Å². The fraction of sp³-hybridized carbons (Fsp3) is 0.280. The quantitative estimate of drug-likeness (QED) is 0.647. The number of aromatic nitrogens is 2. The molecule has 7 nitrogen and oxygen atoms in total. The standard InChI is InChI=1S/C25H24N4O3/c1-25(2)12-20(19-14-26-29(21(19)13-25)16-8-4-3-5-9-16)27-22(30)15-28-23(31)17-10-6-7-11-18(17)24(28)32/h3-11,14,20H,12-13,15H2,1-2H3,(H,27,30)/t20-/m1/s1. The summed E-state index contributed by atoms with van der Waals surface area (Å²) < 4.78 is 1.93. The number of para-hydroxylation sites is 1. The monoisotopic (exact) mass is 428 g/mol. The van der Waals surface area contributed by atoms with E-state index in [2.05, 4.69) is 24.3 Å². The Bertz CT molecular complexity index is 1190. The third-order valence-electron chi connectivity index (χ3n) is 6.20. The van der Waals surface area contributed by atoms with Gasteiger partial charge in [0.15, 0.2) is 0 Å². The second-order valence-electron chi connectivity index (χ2n) is 9.20. The Morgan fingerprint density at radius 1 is 1.03 bits per heavy atom. The normalized spacial score (nSPS) is 18.9. The largest absolute Gasteiger partial charge is 0.348 e. The van der Waals surface area contributed by atoms with Crippen LogP contribution in [0.5, 0.6) is 0 Å². The molecule has 0 saturated heterocycles. The van der Waals surface area contributed by atoms with Crippen molar-refractivity contribution >= 4 is 17.7 Å². The van der Waals surface area contributed by atoms with Crippen molar-refractivity contribution in [2.24, 2.45) is 5.41 Å². The Morgan fingerprint density at radius 2 is 1.66 bits per heavy atom. The smallest absolute Gasteiger partial charge is 0.262 e. The molecule has 3 amide bonds. The van der Waals surface area contributed by atoms with Gasteiger partial charge in [-0.3, -0.25) is 19.3 Å². The molecule has 3 aromatic rings. The highest BCUT2D eigenvalue weighted by atomic mass is 16.2. The molecule has 5 rings (SSSR count). The van der Waals surface area contributed by atoms with Crippen molar-refractivity contribution in [2.45, 2.75) is 32.7 Å². The Labute approximate surface area is 186 Å². The molecule has 1 aromatic heterocycles. The summed E-state index contributed by atoms with van der Waals surface area (Å²) in [6, 6.07) is 16.3. The van der Waals surface area contributed by atoms with Gasteiger partial charge in [0.1, 0.15) is 6.54 Å². The molecule has 1 aliphatic carbocycles. The second kappa shape index (κ2) is 7.44. The molecule has 0 saturated carbocycles. The summed E-state index contributed by atoms with van der Waals surface area (Å²) in [4.78, 5) is 39.2. The lowest BCUT2D eigenvalue weighted by atomic mass is 9.74. The van der Waals surface area contributed by atoms with Gasteiger partial charge in [-0.15, -0.1) is 0 Å². The summed E-state index contributed by atoms with van der Waals surface area (Å²) >= 11 is 0. The average molecular weight is 428 g/mol. The van der Waals surface area contributed by atoms with Gasteiger partial charge in [-0.1, -0.05) is 44.2 Å². The van der Waals surface area contributed by atoms with Crippen LogP contribution >= 0.6 is 0 Å². The minimum Gasteiger partial charge on any atom is -0.348 e. The highest BCUT2D eigenvalue weighted by Crippen LogP contribution is 2.41. The van der Waals surface area contributed by atoms with Crippen molar-refractivity contribution in [2.75, 3.05) is 6.54 Å². The fourth-order valence-electron chi connectivity index (χ4n) is 4.73. The number of hydrogen-bond acceptors (Lipinski definition) is 4. The van der Waals surface area contributed by atoms with Crippen LogP contribution in [0.2, 0.25) is 0 Å². The van der Waals surface area contributed by atoms with E-state index in [0.29, 0.717) is 11.1 Å². The molecule has 2 heterocycles. The number of benzene rings is 2. The number of carbonyl (C=O) groups is 3. The molecule has 1 atom stereocenters. The number of imide groups is 1. The van der Waals surface area contributed by atoms with E-state index in [9.17, 15) is 14.4 Å². The first-order chi connectivity index (χ1) is 15.3. The number of fused-ring (bicyclic) bond motifs is 2. The number of nitrogens with one attached hydrogen (secondary N) is 1. The van der Waals surface area contributed by atoms with Crippen LogP contribution in [0.25, 0.3) is 5.69 Å². The van der Waals surface area contributed by atoms with Crippen LogP contribution < -0.4 is 5.32 Å². The lowest BCUT2D eigenvalue weighted by Crippen LogP contribution is -2.43. The molecule has 1 aliphatic heterocycles. The molecule has 0 radical (unpaired) electrons. The van der Waals surface area contributed by atoms with Gasteiger partial charge in [0.2, 0.25) is 5.91 Å². The van der Waals surface area contributed by atoms with Gasteiger partial charge in [-0.05, 0) is 42.5 Å². The zero-order valence-corrected chi connectivity index (χ0v) is 18.0. The Kier molecular flexibility index (Phi) is 4.69. The van der Waals surface area contributed by atoms with E-state index in [1.54, 1.807) is 24.3 Å². The van der Waals surface area contributed by atoms with Crippen molar-refractivity contribution < 1.29 is 14.4 Å². The maximum absolute atomic E-state index is 12.9. The van der Waals surface area contributed by atoms with Crippen LogP contribution in [0.15, 0.2) is 60.8 Å². The van der Waals surface area contributed by atoms with Crippen LogP contribution in [-0.4, -0.2) is 38.9 Å². The van der Waals surface area contributed by atoms with Crippen molar-refractivity contribution in [3.05, 3.63) is 83.2 Å². The van der Waals surface area contributed by atoms with Gasteiger partial charge >= 0.3 is 0 Å². The van der Waals surface area contributed by atoms with Crippen LogP contribution in [0, 0.1) is 5.41 Å². The Balaban J connectivity index is 1.37. The number of nitrogens with zero attached hydrogens (tertiary/aromatic N) is 3. The third kappa shape index (κ3) is 3.39. The Hall–Kier alpha value is -3.74. The number of rotatable bonds is 4. The predicted octanol–water partition coefficient (Wildman–Crippen LogP) is 3.30. The van der Waals surface area contributed by atoms with Crippen LogP contribution in [0.4, 0.5) is 0 Å². The summed E-state index contributed by atoms with van der Waals surface area (Å²) in [5, 5.41) is 7.64. The van der Waals surface area contributed by atoms with Gasteiger partial charge in [-0.25, -0.2) is 4.68 Å². The highest BCUT2D eigenvalue weighted by Gasteiger charge is 2.39. The lowest BCUT2D eigenvalue weighted by molar-refractivity contribution is -0.122. The molecular formula is C25H24N4O3. The first-order valence-corrected chi connectivity index (χ1v) is 10.7. The second-order valence-corrected chi connectivity index (χ2v) is 9.20. The van der Waals surface area contributed by atoms with E-state index in [1.165, 1.54) is 0 Å². The van der Waals surface area contributed by atoms with E-state index in [0.717, 1.165) is 34.7 Å². The molecule has 2 aliphatic rings. The molecular weight excluding hydrogens is 404 g/mol. The summed E-state index contributed by atoms with van der Waals surface area (Å²) in [6.07, 6.45) is 3.39. The van der Waals surface area contributed by atoms with E-state index in [-0.39, 0.29) is 23.9 Å². The minimum absolute atomic E-state index is 0.0486. The van der Waals surface area contributed by atoms with Crippen LogP contribution in [-0.2, 0) is 11.2 Å². The fourth-order valence-corrected chi connectivity index (χ4v) is 4.73. The topological polar surface area (TPSA) is 84.3 Å². The SMILES string of the molecule is CC1(C)Cc2c(cnn2-c2ccccc2)[C@H](NC(=O)CN2C(=O)c3ccccc3C2=O)C1. The van der Waals surface area contributed by atoms with Gasteiger partial charge in [0.25, 0.3) is 11.8 Å². The predicted molar refractivity (Wildman–Crippen MR) is 118 cm³/mol. The molecule has 7 heteroatoms. The molecule has 32 heavy (non-hydrogen) atoms. The molecule has 0 fully saturated rings. The van der Waals surface area contributed by atoms with E-state index >= 15 is 0 Å². The van der Waals surface area contributed by atoms with E-state index in [4.69, 9.17) is 0 Å². The highest BCUT2D eigenvalue weighted by molar-refractivity contribution is 6.22. The molecule has 1 N–H and O–H groups in total. The van der Waals surface area contributed by atoms with E-state index in [1.807, 2.05) is 41.2 Å². The van der Waals surface area contributed by atoms with Crippen LogP contribution in [0.3, 0.4) is 0 Å². The third-order valence-corrected chi connectivity index (χ3v) is 6.20. The lowest BCUT2D eigenvalue weighted by Gasteiger charge is -2.36. The van der Waals surface area contributed by atoms with Crippen molar-refractivity contribution in [3.8, 4) is 5.69 Å². The van der Waals surface area contributed by atoms with Gasteiger partial charge in [-0.2, -0.15) is 5.10 Å². The van der Waals surface area contributed by atoms with Crippen molar-refractivity contribution in [1.29, 1.82) is 0 Å². The Morgan fingerprint density at radius 3 is 2.31 bits per heavy atom. The molecule has 0 spiro atoms. The molecule has 0 unspecified atom stereocenters. The van der Waals surface area contributed by atoms with Crippen molar-refractivity contribution in [3.63, 3.8) is 0 Å². The molecule has 2 aromatic carbocycles. The summed E-state index contributed by atoms with van der Waals surface area (Å²) in [5.74, 6) is -1.22. The summed E-state index contributed by atoms with van der Waals surface area (Å²) in [7, 11) is 0. The van der Waals surface area contributed by atoms with Crippen LogP contribution in [0.1, 0.15) is 58.3 Å². The number of hydrogen-bond donors (Lipinski definition) is 1. The van der Waals surface area contributed by atoms with Crippen molar-refractivity contribution in [1.82, 2.24) is 20.0 Å². The summed E-state index contributed by atoms with van der Waals surface area (Å²) in [5.41, 5.74) is 3.66. The maximum Gasteiger partial charge on any atom is 0.262 e. The average Bonchev–Trinajstić information content (AvgIpc) is 3.29. The first kappa shape index (κ1) is 20.2. The minimum atomic E-state index is -0.428. The first-order valence-electron chi connectivity index (χ1n) is 10.7. The zero-order valence-electron chi connectivity index (χ0n) is 18.0. The van der Waals surface area contributed by atoms with Gasteiger partial charge in [0.05, 0.1) is 34.7 Å². The number of carbonyl (C=O) groups excluding carboxylic acids is 3.